The average molecular weight is 1100 g/mol. The van der Waals surface area contributed by atoms with Gasteiger partial charge in [0.25, 0.3) is 0 Å². The number of ether oxygens (including phenoxy) is 3. The molecule has 0 rings (SSSR count). The van der Waals surface area contributed by atoms with Crippen molar-refractivity contribution in [2.45, 2.75) is 393 Å². The molecule has 0 spiro atoms. The van der Waals surface area contributed by atoms with Crippen molar-refractivity contribution in [1.29, 1.82) is 0 Å². The minimum Gasteiger partial charge on any atom is -0.462 e. The maximum atomic E-state index is 12.9. The molecule has 0 fully saturated rings. The lowest BCUT2D eigenvalue weighted by Gasteiger charge is -2.18. The van der Waals surface area contributed by atoms with Crippen molar-refractivity contribution in [3.8, 4) is 0 Å². The summed E-state index contributed by atoms with van der Waals surface area (Å²) in [5.74, 6) is -0.850. The summed E-state index contributed by atoms with van der Waals surface area (Å²) in [5, 5.41) is 0. The van der Waals surface area contributed by atoms with Gasteiger partial charge in [-0.15, -0.1) is 0 Å². The number of esters is 3. The van der Waals surface area contributed by atoms with E-state index in [2.05, 4.69) is 57.2 Å². The second kappa shape index (κ2) is 67.1. The molecule has 0 aromatic carbocycles. The molecule has 78 heavy (non-hydrogen) atoms. The molecule has 0 N–H and O–H groups in total. The van der Waals surface area contributed by atoms with Gasteiger partial charge in [-0.25, -0.2) is 0 Å². The van der Waals surface area contributed by atoms with Crippen LogP contribution in [0.1, 0.15) is 387 Å². The Bertz CT molecular complexity index is 1300. The molecule has 1 unspecified atom stereocenters. The van der Waals surface area contributed by atoms with E-state index in [9.17, 15) is 14.4 Å². The van der Waals surface area contributed by atoms with Gasteiger partial charge in [0.15, 0.2) is 6.10 Å². The topological polar surface area (TPSA) is 78.9 Å². The van der Waals surface area contributed by atoms with E-state index >= 15 is 0 Å². The van der Waals surface area contributed by atoms with Gasteiger partial charge in [-0.3, -0.25) is 14.4 Å². The van der Waals surface area contributed by atoms with E-state index in [4.69, 9.17) is 14.2 Å². The van der Waals surface area contributed by atoms with Crippen LogP contribution >= 0.6 is 0 Å². The Hall–Kier alpha value is -2.37. The van der Waals surface area contributed by atoms with Gasteiger partial charge in [-0.2, -0.15) is 0 Å². The number of hydrogen-bond donors (Lipinski definition) is 0. The van der Waals surface area contributed by atoms with E-state index in [1.165, 1.54) is 283 Å². The third kappa shape index (κ3) is 64.5. The van der Waals surface area contributed by atoms with E-state index in [0.29, 0.717) is 19.3 Å². The largest absolute Gasteiger partial charge is 0.462 e. The molecule has 0 heterocycles. The summed E-state index contributed by atoms with van der Waals surface area (Å²) in [7, 11) is 0. The van der Waals surface area contributed by atoms with Crippen molar-refractivity contribution in [2.75, 3.05) is 13.2 Å². The number of allylic oxidation sites excluding steroid dienone is 6. The highest BCUT2D eigenvalue weighted by Crippen LogP contribution is 2.18. The molecule has 0 amide bonds. The summed E-state index contributed by atoms with van der Waals surface area (Å²) >= 11 is 0. The molecule has 6 nitrogen and oxygen atoms in total. The number of rotatable bonds is 65. The quantitative estimate of drug-likeness (QED) is 0.0261. The third-order valence-electron chi connectivity index (χ3n) is 15.9. The Labute approximate surface area is 486 Å². The fraction of sp³-hybridized carbons (Fsp3) is 0.875. The van der Waals surface area contributed by atoms with Crippen LogP contribution in [0.3, 0.4) is 0 Å². The van der Waals surface area contributed by atoms with Crippen molar-refractivity contribution in [3.63, 3.8) is 0 Å². The first-order valence-corrected chi connectivity index (χ1v) is 35.0. The van der Waals surface area contributed by atoms with Crippen LogP contribution in [-0.2, 0) is 28.6 Å². The second-order valence-electron chi connectivity index (χ2n) is 23.8. The second-order valence-corrected chi connectivity index (χ2v) is 23.8. The number of carbonyl (C=O) groups excluding carboxylic acids is 3. The molecule has 0 aromatic rings. The van der Waals surface area contributed by atoms with Crippen molar-refractivity contribution < 1.29 is 28.6 Å². The smallest absolute Gasteiger partial charge is 0.306 e. The molecule has 458 valence electrons. The van der Waals surface area contributed by atoms with Gasteiger partial charge in [0.1, 0.15) is 13.2 Å². The first-order valence-electron chi connectivity index (χ1n) is 35.0. The normalized spacial score (nSPS) is 12.2. The Balaban J connectivity index is 4.03. The van der Waals surface area contributed by atoms with Gasteiger partial charge in [-0.05, 0) is 77.0 Å². The fourth-order valence-corrected chi connectivity index (χ4v) is 10.6. The standard InChI is InChI=1S/C72H134O6/c1-4-7-10-13-16-19-21-23-25-27-29-30-31-32-33-34-35-36-37-38-39-40-41-42-43-45-46-48-50-53-56-59-62-65-71(74)77-68-69(67-76-70(73)64-61-58-55-52-18-15-12-9-6-3)78-72(75)66-63-60-57-54-51-49-47-44-28-26-24-22-20-17-14-11-8-5-2/h21,23,26-29,69H,4-20,22,24-25,30-68H2,1-3H3/b23-21-,28-26-,29-27-. The van der Waals surface area contributed by atoms with Crippen molar-refractivity contribution in [3.05, 3.63) is 36.5 Å². The predicted octanol–water partition coefficient (Wildman–Crippen LogP) is 23.9. The molecule has 0 saturated carbocycles. The minimum absolute atomic E-state index is 0.0680. The first-order chi connectivity index (χ1) is 38.5. The summed E-state index contributed by atoms with van der Waals surface area (Å²) in [4.78, 5) is 38.2. The van der Waals surface area contributed by atoms with E-state index in [1.807, 2.05) is 0 Å². The van der Waals surface area contributed by atoms with E-state index < -0.39 is 6.10 Å². The van der Waals surface area contributed by atoms with Gasteiger partial charge in [-0.1, -0.05) is 327 Å². The van der Waals surface area contributed by atoms with Crippen LogP contribution in [-0.4, -0.2) is 37.2 Å². The molecule has 0 aliphatic carbocycles. The molecule has 0 aliphatic heterocycles. The van der Waals surface area contributed by atoms with Crippen LogP contribution in [0.25, 0.3) is 0 Å². The van der Waals surface area contributed by atoms with Gasteiger partial charge in [0.05, 0.1) is 0 Å². The fourth-order valence-electron chi connectivity index (χ4n) is 10.6. The van der Waals surface area contributed by atoms with Crippen LogP contribution in [0.15, 0.2) is 36.5 Å². The Morgan fingerprint density at radius 1 is 0.256 bits per heavy atom. The molecular weight excluding hydrogens is 961 g/mol. The summed E-state index contributed by atoms with van der Waals surface area (Å²) in [6.45, 7) is 6.66. The summed E-state index contributed by atoms with van der Waals surface area (Å²) in [6.07, 6.45) is 83.4. The Kier molecular flexibility index (Phi) is 65.1. The zero-order chi connectivity index (χ0) is 56.4. The summed E-state index contributed by atoms with van der Waals surface area (Å²) in [6, 6.07) is 0. The van der Waals surface area contributed by atoms with Crippen molar-refractivity contribution in [2.24, 2.45) is 0 Å². The zero-order valence-corrected chi connectivity index (χ0v) is 52.7. The van der Waals surface area contributed by atoms with Crippen LogP contribution < -0.4 is 0 Å². The Morgan fingerprint density at radius 2 is 0.462 bits per heavy atom. The lowest BCUT2D eigenvalue weighted by molar-refractivity contribution is -0.167. The van der Waals surface area contributed by atoms with E-state index in [1.54, 1.807) is 0 Å². The van der Waals surface area contributed by atoms with Crippen LogP contribution in [0.4, 0.5) is 0 Å². The maximum Gasteiger partial charge on any atom is 0.306 e. The van der Waals surface area contributed by atoms with Gasteiger partial charge < -0.3 is 14.2 Å². The molecule has 0 radical (unpaired) electrons. The van der Waals surface area contributed by atoms with Gasteiger partial charge >= 0.3 is 17.9 Å². The minimum atomic E-state index is -0.770. The monoisotopic (exact) mass is 1100 g/mol. The highest BCUT2D eigenvalue weighted by Gasteiger charge is 2.19. The lowest BCUT2D eigenvalue weighted by atomic mass is 10.0. The predicted molar refractivity (Wildman–Crippen MR) is 339 cm³/mol. The van der Waals surface area contributed by atoms with Gasteiger partial charge in [0, 0.05) is 19.3 Å². The van der Waals surface area contributed by atoms with E-state index in [-0.39, 0.29) is 31.1 Å². The highest BCUT2D eigenvalue weighted by molar-refractivity contribution is 5.71. The van der Waals surface area contributed by atoms with Crippen LogP contribution in [0.5, 0.6) is 0 Å². The number of carbonyl (C=O) groups is 3. The van der Waals surface area contributed by atoms with E-state index in [0.717, 1.165) is 64.2 Å². The number of hydrogen-bond acceptors (Lipinski definition) is 6. The summed E-state index contributed by atoms with van der Waals surface area (Å²) < 4.78 is 16.9. The maximum absolute atomic E-state index is 12.9. The Morgan fingerprint density at radius 3 is 0.718 bits per heavy atom. The molecule has 0 bridgehead atoms. The molecular formula is C72H134O6. The molecule has 1 atom stereocenters. The highest BCUT2D eigenvalue weighted by atomic mass is 16.6. The first kappa shape index (κ1) is 75.6. The number of unbranched alkanes of at least 4 members (excludes halogenated alkanes) is 48. The SMILES string of the molecule is CCCCCCC/C=C\C/C=C\CCCCCCCCCCCCCCCCCCCCCCCC(=O)OCC(COC(=O)CCCCCCCCCCC)OC(=O)CCCCCCCCC/C=C\CCCCCCCCC. The molecule has 6 heteroatoms. The van der Waals surface area contributed by atoms with Crippen LogP contribution in [0, 0.1) is 0 Å². The molecule has 0 aromatic heterocycles. The average Bonchev–Trinajstić information content (AvgIpc) is 3.44. The molecule has 0 saturated heterocycles. The zero-order valence-electron chi connectivity index (χ0n) is 52.7. The van der Waals surface area contributed by atoms with Crippen molar-refractivity contribution in [1.82, 2.24) is 0 Å². The van der Waals surface area contributed by atoms with Crippen LogP contribution in [0.2, 0.25) is 0 Å². The summed E-state index contributed by atoms with van der Waals surface area (Å²) in [5.41, 5.74) is 0. The third-order valence-corrected chi connectivity index (χ3v) is 15.9. The van der Waals surface area contributed by atoms with Crippen molar-refractivity contribution >= 4 is 17.9 Å². The lowest BCUT2D eigenvalue weighted by Crippen LogP contribution is -2.30. The van der Waals surface area contributed by atoms with Gasteiger partial charge in [0.2, 0.25) is 0 Å². The molecule has 0 aliphatic rings.